The number of fused-ring (bicyclic) bond motifs is 1. The molecule has 0 aliphatic heterocycles. The zero-order chi connectivity index (χ0) is 17.9. The standard InChI is InChI=1S/C18H20N4O2S/c19-14-8-10-15(11-9-14)25(23,24)22-18(20)12-21-17-7-3-5-13-4-1-2-6-16(13)17/h1-11,18,21-22H,12,19-20H2. The van der Waals surface area contributed by atoms with Gasteiger partial charge in [-0.2, -0.15) is 4.72 Å². The summed E-state index contributed by atoms with van der Waals surface area (Å²) in [6.07, 6.45) is -0.776. The van der Waals surface area contributed by atoms with Crippen LogP contribution in [0.15, 0.2) is 71.6 Å². The van der Waals surface area contributed by atoms with E-state index in [1.165, 1.54) is 24.3 Å². The Labute approximate surface area is 146 Å². The van der Waals surface area contributed by atoms with Gasteiger partial charge >= 0.3 is 0 Å². The lowest BCUT2D eigenvalue weighted by atomic mass is 10.1. The average molecular weight is 356 g/mol. The molecule has 3 aromatic rings. The molecular formula is C18H20N4O2S. The van der Waals surface area contributed by atoms with Gasteiger partial charge in [-0.05, 0) is 35.7 Å². The SMILES string of the molecule is Nc1ccc(S(=O)(=O)NC(N)CNc2cccc3ccccc23)cc1. The fourth-order valence-corrected chi connectivity index (χ4v) is 3.67. The van der Waals surface area contributed by atoms with Crippen LogP contribution < -0.4 is 21.5 Å². The van der Waals surface area contributed by atoms with Crippen molar-refractivity contribution in [1.29, 1.82) is 0 Å². The van der Waals surface area contributed by atoms with Crippen molar-refractivity contribution < 1.29 is 8.42 Å². The van der Waals surface area contributed by atoms with Crippen LogP contribution in [-0.4, -0.2) is 21.1 Å². The number of nitrogens with one attached hydrogen (secondary N) is 2. The maximum atomic E-state index is 12.3. The predicted molar refractivity (Wildman–Crippen MR) is 102 cm³/mol. The lowest BCUT2D eigenvalue weighted by Crippen LogP contribution is -2.46. The van der Waals surface area contributed by atoms with E-state index in [0.29, 0.717) is 5.69 Å². The third-order valence-electron chi connectivity index (χ3n) is 3.80. The summed E-state index contributed by atoms with van der Waals surface area (Å²) in [5.41, 5.74) is 12.9. The Balaban J connectivity index is 1.68. The molecule has 0 aliphatic carbocycles. The topological polar surface area (TPSA) is 110 Å². The van der Waals surface area contributed by atoms with Gasteiger partial charge in [0.05, 0.1) is 11.1 Å². The van der Waals surface area contributed by atoms with Gasteiger partial charge in [0.15, 0.2) is 0 Å². The van der Waals surface area contributed by atoms with E-state index in [0.717, 1.165) is 16.5 Å². The Morgan fingerprint density at radius 2 is 1.60 bits per heavy atom. The van der Waals surface area contributed by atoms with Gasteiger partial charge in [-0.3, -0.25) is 0 Å². The molecule has 6 nitrogen and oxygen atoms in total. The van der Waals surface area contributed by atoms with Crippen LogP contribution in [0.2, 0.25) is 0 Å². The van der Waals surface area contributed by atoms with Crippen LogP contribution in [0, 0.1) is 0 Å². The first kappa shape index (κ1) is 17.2. The molecule has 3 aromatic carbocycles. The van der Waals surface area contributed by atoms with Crippen molar-refractivity contribution in [3.8, 4) is 0 Å². The average Bonchev–Trinajstić information content (AvgIpc) is 2.60. The molecule has 1 unspecified atom stereocenters. The van der Waals surface area contributed by atoms with Gasteiger partial charge < -0.3 is 16.8 Å². The van der Waals surface area contributed by atoms with Crippen molar-refractivity contribution in [3.63, 3.8) is 0 Å². The highest BCUT2D eigenvalue weighted by Gasteiger charge is 2.17. The quantitative estimate of drug-likeness (QED) is 0.399. The van der Waals surface area contributed by atoms with Crippen molar-refractivity contribution in [2.75, 3.05) is 17.6 Å². The summed E-state index contributed by atoms with van der Waals surface area (Å²) < 4.78 is 27.1. The highest BCUT2D eigenvalue weighted by atomic mass is 32.2. The first-order valence-electron chi connectivity index (χ1n) is 7.81. The van der Waals surface area contributed by atoms with Gasteiger partial charge in [-0.1, -0.05) is 36.4 Å². The molecule has 6 N–H and O–H groups in total. The van der Waals surface area contributed by atoms with E-state index in [9.17, 15) is 8.42 Å². The maximum Gasteiger partial charge on any atom is 0.241 e. The second-order valence-corrected chi connectivity index (χ2v) is 7.42. The highest BCUT2D eigenvalue weighted by Crippen LogP contribution is 2.22. The first-order chi connectivity index (χ1) is 12.0. The minimum atomic E-state index is -3.69. The Morgan fingerprint density at radius 1 is 0.920 bits per heavy atom. The summed E-state index contributed by atoms with van der Waals surface area (Å²) in [5, 5.41) is 5.35. The Bertz CT molecular complexity index is 967. The van der Waals surface area contributed by atoms with Crippen molar-refractivity contribution in [3.05, 3.63) is 66.7 Å². The summed E-state index contributed by atoms with van der Waals surface area (Å²) >= 11 is 0. The number of benzene rings is 3. The maximum absolute atomic E-state index is 12.3. The van der Waals surface area contributed by atoms with E-state index in [-0.39, 0.29) is 11.4 Å². The van der Waals surface area contributed by atoms with Crippen molar-refractivity contribution in [1.82, 2.24) is 4.72 Å². The fourth-order valence-electron chi connectivity index (χ4n) is 2.56. The number of anilines is 2. The molecule has 25 heavy (non-hydrogen) atoms. The summed E-state index contributed by atoms with van der Waals surface area (Å²) in [5.74, 6) is 0. The molecule has 0 fully saturated rings. The van der Waals surface area contributed by atoms with Gasteiger partial charge in [-0.15, -0.1) is 0 Å². The van der Waals surface area contributed by atoms with E-state index in [2.05, 4.69) is 10.0 Å². The Kier molecular flexibility index (Phi) is 4.89. The minimum Gasteiger partial charge on any atom is -0.399 e. The molecule has 1 atom stereocenters. The number of hydrogen-bond donors (Lipinski definition) is 4. The van der Waals surface area contributed by atoms with Crippen LogP contribution in [0.5, 0.6) is 0 Å². The molecule has 0 bridgehead atoms. The minimum absolute atomic E-state index is 0.127. The Hall–Kier alpha value is -2.61. The lowest BCUT2D eigenvalue weighted by Gasteiger charge is -2.17. The van der Waals surface area contributed by atoms with Gasteiger partial charge in [0, 0.05) is 23.3 Å². The summed E-state index contributed by atoms with van der Waals surface area (Å²) in [4.78, 5) is 0.127. The van der Waals surface area contributed by atoms with E-state index in [1.54, 1.807) is 0 Å². The number of hydrogen-bond acceptors (Lipinski definition) is 5. The number of rotatable bonds is 6. The van der Waals surface area contributed by atoms with Crippen LogP contribution in [-0.2, 0) is 10.0 Å². The fraction of sp³-hybridized carbons (Fsp3) is 0.111. The van der Waals surface area contributed by atoms with Crippen molar-refractivity contribution in [2.45, 2.75) is 11.1 Å². The molecule has 0 saturated carbocycles. The van der Waals surface area contributed by atoms with E-state index in [4.69, 9.17) is 11.5 Å². The van der Waals surface area contributed by atoms with Gasteiger partial charge in [0.2, 0.25) is 10.0 Å². The molecule has 0 saturated heterocycles. The number of nitrogen functional groups attached to an aromatic ring is 1. The summed E-state index contributed by atoms with van der Waals surface area (Å²) in [6.45, 7) is 0.252. The van der Waals surface area contributed by atoms with Crippen molar-refractivity contribution in [2.24, 2.45) is 5.73 Å². The smallest absolute Gasteiger partial charge is 0.241 e. The van der Waals surface area contributed by atoms with Gasteiger partial charge in [0.1, 0.15) is 0 Å². The second kappa shape index (κ2) is 7.10. The van der Waals surface area contributed by atoms with E-state index in [1.807, 2.05) is 42.5 Å². The normalized spacial score (nSPS) is 12.8. The molecule has 0 heterocycles. The molecule has 7 heteroatoms. The lowest BCUT2D eigenvalue weighted by molar-refractivity contribution is 0.560. The highest BCUT2D eigenvalue weighted by molar-refractivity contribution is 7.89. The van der Waals surface area contributed by atoms with Crippen LogP contribution in [0.25, 0.3) is 10.8 Å². The molecule has 0 aliphatic rings. The van der Waals surface area contributed by atoms with Gasteiger partial charge in [0.25, 0.3) is 0 Å². The molecule has 0 aromatic heterocycles. The zero-order valence-electron chi connectivity index (χ0n) is 13.5. The molecule has 130 valence electrons. The summed E-state index contributed by atoms with van der Waals surface area (Å²) in [7, 11) is -3.69. The predicted octanol–water partition coefficient (Wildman–Crippen LogP) is 2.10. The monoisotopic (exact) mass is 356 g/mol. The number of sulfonamides is 1. The van der Waals surface area contributed by atoms with Crippen LogP contribution in [0.3, 0.4) is 0 Å². The van der Waals surface area contributed by atoms with Gasteiger partial charge in [-0.25, -0.2) is 8.42 Å². The number of nitrogens with two attached hydrogens (primary N) is 2. The second-order valence-electron chi connectivity index (χ2n) is 5.70. The van der Waals surface area contributed by atoms with Crippen LogP contribution >= 0.6 is 0 Å². The molecule has 0 spiro atoms. The van der Waals surface area contributed by atoms with Crippen LogP contribution in [0.4, 0.5) is 11.4 Å². The van der Waals surface area contributed by atoms with Crippen LogP contribution in [0.1, 0.15) is 0 Å². The van der Waals surface area contributed by atoms with E-state index < -0.39 is 16.2 Å². The Morgan fingerprint density at radius 3 is 2.36 bits per heavy atom. The third kappa shape index (κ3) is 4.08. The van der Waals surface area contributed by atoms with E-state index >= 15 is 0 Å². The first-order valence-corrected chi connectivity index (χ1v) is 9.29. The van der Waals surface area contributed by atoms with Crippen molar-refractivity contribution >= 4 is 32.2 Å². The largest absolute Gasteiger partial charge is 0.399 e. The molecular weight excluding hydrogens is 336 g/mol. The molecule has 0 radical (unpaired) electrons. The summed E-state index contributed by atoms with van der Waals surface area (Å²) in [6, 6.07) is 19.8. The zero-order valence-corrected chi connectivity index (χ0v) is 14.3. The molecule has 0 amide bonds. The molecule has 3 rings (SSSR count). The third-order valence-corrected chi connectivity index (χ3v) is 5.30.